The van der Waals surface area contributed by atoms with Crippen LogP contribution in [0.25, 0.3) is 16.6 Å². The number of esters is 1. The number of aryl methyl sites for hydroxylation is 1. The van der Waals surface area contributed by atoms with Crippen LogP contribution in [0.3, 0.4) is 0 Å². The molecule has 3 heterocycles. The molecule has 0 atom stereocenters. The van der Waals surface area contributed by atoms with Gasteiger partial charge in [-0.15, -0.1) is 0 Å². The molecule has 0 spiro atoms. The van der Waals surface area contributed by atoms with Crippen molar-refractivity contribution >= 4 is 44.2 Å². The van der Waals surface area contributed by atoms with Crippen molar-refractivity contribution < 1.29 is 36.3 Å². The zero-order valence-electron chi connectivity index (χ0n) is 22.0. The van der Waals surface area contributed by atoms with Crippen LogP contribution in [0.2, 0.25) is 0 Å². The van der Waals surface area contributed by atoms with Crippen LogP contribution in [0.4, 0.5) is 20.3 Å². The number of hydrogen-bond acceptors (Lipinski definition) is 9. The maximum atomic E-state index is 14.7. The number of carbonyl (C=O) groups is 2. The molecule has 3 aromatic heterocycles. The van der Waals surface area contributed by atoms with Gasteiger partial charge in [-0.25, -0.2) is 26.9 Å². The second-order valence-corrected chi connectivity index (χ2v) is 10.8. The highest BCUT2D eigenvalue weighted by atomic mass is 32.2. The summed E-state index contributed by atoms with van der Waals surface area (Å²) in [7, 11) is -3.22. The van der Waals surface area contributed by atoms with Crippen molar-refractivity contribution in [3.63, 3.8) is 0 Å². The Labute approximate surface area is 237 Å². The second kappa shape index (κ2) is 10.9. The van der Waals surface area contributed by atoms with Crippen LogP contribution >= 0.6 is 0 Å². The molecule has 0 unspecified atom stereocenters. The Hall–Kier alpha value is -5.31. The number of aromatic amines is 1. The van der Waals surface area contributed by atoms with Crippen molar-refractivity contribution in [1.82, 2.24) is 19.7 Å². The molecule has 0 radical (unpaired) electrons. The maximum absolute atomic E-state index is 14.7. The number of carbonyl (C=O) groups excluding carboxylic acids is 2. The van der Waals surface area contributed by atoms with Crippen molar-refractivity contribution in [3.8, 4) is 17.3 Å². The minimum atomic E-state index is -4.25. The first-order valence-electron chi connectivity index (χ1n) is 12.1. The van der Waals surface area contributed by atoms with E-state index in [1.54, 1.807) is 19.1 Å². The summed E-state index contributed by atoms with van der Waals surface area (Å²) < 4.78 is 66.1. The van der Waals surface area contributed by atoms with E-state index in [9.17, 15) is 26.8 Å². The predicted octanol–water partition coefficient (Wildman–Crippen LogP) is 3.86. The fourth-order valence-electron chi connectivity index (χ4n) is 4.08. The van der Waals surface area contributed by atoms with E-state index in [0.29, 0.717) is 11.3 Å². The third kappa shape index (κ3) is 5.62. The molecule has 2 aromatic carbocycles. The lowest BCUT2D eigenvalue weighted by molar-refractivity contribution is -0.137. The van der Waals surface area contributed by atoms with E-state index in [1.807, 2.05) is 4.72 Å². The Kier molecular flexibility index (Phi) is 7.34. The topological polar surface area (TPSA) is 171 Å². The second-order valence-electron chi connectivity index (χ2n) is 9.07. The number of ketones is 1. The van der Waals surface area contributed by atoms with Gasteiger partial charge in [-0.2, -0.15) is 5.10 Å². The molecule has 15 heteroatoms. The summed E-state index contributed by atoms with van der Waals surface area (Å²) in [6.07, 6.45) is 2.68. The standard InChI is InChI=1S/C27H22F2N6O6S/c1-14-7-24(41-23-6-4-3-5-17(23)28)31-12-22(14)35-27(30)16(11-32-35)26(37)21-9-15-8-18(29)20(10-19(15)33-21)34-42(38,39)13-25(36)40-2/h3-12,33-34H,13,30H2,1-2H3. The number of rotatable bonds is 9. The van der Waals surface area contributed by atoms with Gasteiger partial charge in [0.1, 0.15) is 11.6 Å². The van der Waals surface area contributed by atoms with Crippen molar-refractivity contribution in [3.05, 3.63) is 89.4 Å². The summed E-state index contributed by atoms with van der Waals surface area (Å²) in [6.45, 7) is 1.73. The summed E-state index contributed by atoms with van der Waals surface area (Å²) in [5.74, 6) is -3.92. The van der Waals surface area contributed by atoms with Gasteiger partial charge in [0.2, 0.25) is 21.7 Å². The Bertz CT molecular complexity index is 1970. The SMILES string of the molecule is COC(=O)CS(=O)(=O)Nc1cc2[nH]c(C(=O)c3cnn(-c4cnc(Oc5ccccc5F)cc4C)c3N)cc2cc1F. The number of ether oxygens (including phenoxy) is 2. The van der Waals surface area contributed by atoms with Crippen LogP contribution in [0.5, 0.6) is 11.6 Å². The molecular weight excluding hydrogens is 574 g/mol. The van der Waals surface area contributed by atoms with Crippen LogP contribution in [0.15, 0.2) is 60.9 Å². The first-order chi connectivity index (χ1) is 20.0. The number of sulfonamides is 1. The van der Waals surface area contributed by atoms with E-state index in [2.05, 4.69) is 19.8 Å². The third-order valence-electron chi connectivity index (χ3n) is 6.14. The molecule has 5 rings (SSSR count). The molecule has 4 N–H and O–H groups in total. The number of nitrogens with one attached hydrogen (secondary N) is 2. The largest absolute Gasteiger partial charge is 0.468 e. The molecule has 0 aliphatic heterocycles. The summed E-state index contributed by atoms with van der Waals surface area (Å²) in [5.41, 5.74) is 7.22. The molecule has 0 saturated carbocycles. The number of halogens is 2. The Morgan fingerprint density at radius 3 is 2.57 bits per heavy atom. The lowest BCUT2D eigenvalue weighted by atomic mass is 10.1. The van der Waals surface area contributed by atoms with Crippen LogP contribution < -0.4 is 15.2 Å². The zero-order chi connectivity index (χ0) is 30.2. The van der Waals surface area contributed by atoms with E-state index in [-0.39, 0.29) is 39.6 Å². The summed E-state index contributed by atoms with van der Waals surface area (Å²) in [4.78, 5) is 31.7. The molecule has 12 nitrogen and oxygen atoms in total. The molecule has 0 aliphatic carbocycles. The molecule has 0 amide bonds. The van der Waals surface area contributed by atoms with Crippen molar-refractivity contribution in [2.45, 2.75) is 6.92 Å². The number of H-pyrrole nitrogens is 1. The van der Waals surface area contributed by atoms with E-state index in [4.69, 9.17) is 10.5 Å². The third-order valence-corrected chi connectivity index (χ3v) is 7.29. The number of anilines is 2. The Morgan fingerprint density at radius 1 is 1.10 bits per heavy atom. The molecule has 0 aliphatic rings. The van der Waals surface area contributed by atoms with E-state index in [1.165, 1.54) is 41.3 Å². The number of pyridine rings is 1. The number of nitrogens with zero attached hydrogens (tertiary/aromatic N) is 3. The van der Waals surface area contributed by atoms with E-state index < -0.39 is 44.9 Å². The monoisotopic (exact) mass is 596 g/mol. The highest BCUT2D eigenvalue weighted by Crippen LogP contribution is 2.29. The molecule has 42 heavy (non-hydrogen) atoms. The number of fused-ring (bicyclic) bond motifs is 1. The van der Waals surface area contributed by atoms with E-state index in [0.717, 1.165) is 19.2 Å². The van der Waals surface area contributed by atoms with Gasteiger partial charge < -0.3 is 20.2 Å². The minimum absolute atomic E-state index is 0.00577. The van der Waals surface area contributed by atoms with Gasteiger partial charge in [0.25, 0.3) is 0 Å². The smallest absolute Gasteiger partial charge is 0.322 e. The number of para-hydroxylation sites is 1. The highest BCUT2D eigenvalue weighted by Gasteiger charge is 2.23. The normalized spacial score (nSPS) is 11.4. The van der Waals surface area contributed by atoms with Gasteiger partial charge in [-0.05, 0) is 42.8 Å². The van der Waals surface area contributed by atoms with Crippen molar-refractivity contribution in [1.29, 1.82) is 0 Å². The number of methoxy groups -OCH3 is 1. The van der Waals surface area contributed by atoms with Crippen LogP contribution in [-0.2, 0) is 19.6 Å². The summed E-state index contributed by atoms with van der Waals surface area (Å²) in [6, 6.07) is 11.0. The molecule has 0 fully saturated rings. The van der Waals surface area contributed by atoms with Crippen molar-refractivity contribution in [2.75, 3.05) is 23.3 Å². The van der Waals surface area contributed by atoms with Crippen LogP contribution in [-0.4, -0.2) is 52.8 Å². The summed E-state index contributed by atoms with van der Waals surface area (Å²) >= 11 is 0. The predicted molar refractivity (Wildman–Crippen MR) is 148 cm³/mol. The number of benzene rings is 2. The lowest BCUT2D eigenvalue weighted by Crippen LogP contribution is -2.24. The average molecular weight is 597 g/mol. The Balaban J connectivity index is 1.39. The van der Waals surface area contributed by atoms with Gasteiger partial charge in [0.05, 0.1) is 42.1 Å². The number of nitrogen functional groups attached to an aromatic ring is 1. The minimum Gasteiger partial charge on any atom is -0.468 e. The molecule has 216 valence electrons. The number of hydrogen-bond donors (Lipinski definition) is 3. The lowest BCUT2D eigenvalue weighted by Gasteiger charge is -2.11. The van der Waals surface area contributed by atoms with Gasteiger partial charge in [0, 0.05) is 17.0 Å². The maximum Gasteiger partial charge on any atom is 0.322 e. The average Bonchev–Trinajstić information content (AvgIpc) is 3.52. The first kappa shape index (κ1) is 28.2. The van der Waals surface area contributed by atoms with E-state index >= 15 is 0 Å². The molecule has 5 aromatic rings. The molecule has 0 bridgehead atoms. The first-order valence-corrected chi connectivity index (χ1v) is 13.8. The number of aromatic nitrogens is 4. The quantitative estimate of drug-likeness (QED) is 0.169. The fourth-order valence-corrected chi connectivity index (χ4v) is 5.07. The van der Waals surface area contributed by atoms with Gasteiger partial charge in [-0.3, -0.25) is 14.3 Å². The van der Waals surface area contributed by atoms with Gasteiger partial charge in [0.15, 0.2) is 17.3 Å². The number of nitrogens with two attached hydrogens (primary N) is 1. The van der Waals surface area contributed by atoms with Crippen molar-refractivity contribution in [2.24, 2.45) is 0 Å². The van der Waals surface area contributed by atoms with Crippen LogP contribution in [0, 0.1) is 18.6 Å². The van der Waals surface area contributed by atoms with Gasteiger partial charge >= 0.3 is 5.97 Å². The van der Waals surface area contributed by atoms with Gasteiger partial charge in [-0.1, -0.05) is 12.1 Å². The molecule has 0 saturated heterocycles. The Morgan fingerprint density at radius 2 is 1.86 bits per heavy atom. The highest BCUT2D eigenvalue weighted by molar-refractivity contribution is 7.93. The van der Waals surface area contributed by atoms with Crippen LogP contribution in [0.1, 0.15) is 21.6 Å². The molecular formula is C27H22F2N6O6S. The zero-order valence-corrected chi connectivity index (χ0v) is 22.8. The fraction of sp³-hybridized carbons (Fsp3) is 0.111. The summed E-state index contributed by atoms with van der Waals surface area (Å²) in [5, 5.41) is 4.50.